The number of halogens is 1. The Morgan fingerprint density at radius 1 is 1.55 bits per heavy atom. The zero-order valence-electron chi connectivity index (χ0n) is 11.4. The van der Waals surface area contributed by atoms with E-state index in [0.717, 1.165) is 16.0 Å². The Labute approximate surface area is 127 Å². The number of nitrogens with two attached hydrogens (primary N) is 1. The number of fused-ring (bicyclic) bond motifs is 1. The first-order valence-corrected chi connectivity index (χ1v) is 7.00. The minimum atomic E-state index is -0.217. The molecular weight excluding hydrogens is 298 g/mol. The smallest absolute Gasteiger partial charge is 0.230 e. The molecule has 2 aromatic rings. The molecule has 0 aliphatic rings. The average molecular weight is 316 g/mol. The predicted octanol–water partition coefficient (Wildman–Crippen LogP) is 2.65. The Bertz CT molecular complexity index is 588. The number of hydrogen-bond acceptors (Lipinski definition) is 5. The Morgan fingerprint density at radius 3 is 2.95 bits per heavy atom. The molecule has 110 valence electrons. The second kappa shape index (κ2) is 7.42. The number of amides is 1. The number of anilines is 1. The number of benzene rings is 1. The highest BCUT2D eigenvalue weighted by atomic mass is 35.5. The van der Waals surface area contributed by atoms with Crippen molar-refractivity contribution in [3.63, 3.8) is 0 Å². The first-order chi connectivity index (χ1) is 9.13. The van der Waals surface area contributed by atoms with E-state index in [9.17, 15) is 4.79 Å². The third-order valence-corrected chi connectivity index (χ3v) is 3.64. The molecule has 0 aliphatic heterocycles. The van der Waals surface area contributed by atoms with Gasteiger partial charge in [0.1, 0.15) is 5.75 Å². The maximum atomic E-state index is 11.7. The number of carbonyl (C=O) groups excluding carboxylic acids is 1. The van der Waals surface area contributed by atoms with Gasteiger partial charge in [-0.05, 0) is 25.1 Å². The van der Waals surface area contributed by atoms with Crippen molar-refractivity contribution in [1.82, 2.24) is 4.98 Å². The molecule has 0 saturated carbocycles. The third kappa shape index (κ3) is 3.82. The first-order valence-electron chi connectivity index (χ1n) is 6.18. The number of nitrogens with one attached hydrogen (secondary N) is 1. The topological polar surface area (TPSA) is 77.2 Å². The van der Waals surface area contributed by atoms with Gasteiger partial charge in [-0.1, -0.05) is 18.3 Å². The van der Waals surface area contributed by atoms with Crippen molar-refractivity contribution < 1.29 is 9.53 Å². The highest BCUT2D eigenvalue weighted by molar-refractivity contribution is 7.22. The van der Waals surface area contributed by atoms with Crippen molar-refractivity contribution in [2.45, 2.75) is 13.8 Å². The summed E-state index contributed by atoms with van der Waals surface area (Å²) >= 11 is 1.43. The first kappa shape index (κ1) is 16.7. The summed E-state index contributed by atoms with van der Waals surface area (Å²) in [5.41, 5.74) is 6.31. The molecule has 1 amide bonds. The van der Waals surface area contributed by atoms with Crippen molar-refractivity contribution in [2.75, 3.05) is 18.5 Å². The Hall–Kier alpha value is -1.37. The van der Waals surface area contributed by atoms with Gasteiger partial charge in [-0.25, -0.2) is 4.98 Å². The van der Waals surface area contributed by atoms with Gasteiger partial charge in [0.2, 0.25) is 5.91 Å². The number of thiazole rings is 1. The van der Waals surface area contributed by atoms with Crippen LogP contribution in [0.3, 0.4) is 0 Å². The number of hydrogen-bond donors (Lipinski definition) is 2. The van der Waals surface area contributed by atoms with Gasteiger partial charge >= 0.3 is 0 Å². The van der Waals surface area contributed by atoms with E-state index < -0.39 is 0 Å². The molecule has 1 aromatic carbocycles. The van der Waals surface area contributed by atoms with Crippen LogP contribution in [0.15, 0.2) is 18.2 Å². The van der Waals surface area contributed by atoms with E-state index >= 15 is 0 Å². The number of nitrogens with zero attached hydrogens (tertiary/aromatic N) is 1. The fourth-order valence-electron chi connectivity index (χ4n) is 1.55. The number of ether oxygens (including phenoxy) is 1. The van der Waals surface area contributed by atoms with Crippen molar-refractivity contribution in [3.8, 4) is 5.75 Å². The fourth-order valence-corrected chi connectivity index (χ4v) is 2.45. The van der Waals surface area contributed by atoms with Gasteiger partial charge in [-0.2, -0.15) is 0 Å². The van der Waals surface area contributed by atoms with Crippen LogP contribution in [0.1, 0.15) is 13.8 Å². The summed E-state index contributed by atoms with van der Waals surface area (Å²) in [4.78, 5) is 16.1. The van der Waals surface area contributed by atoms with E-state index in [1.807, 2.05) is 25.1 Å². The number of carbonyl (C=O) groups is 1. The van der Waals surface area contributed by atoms with Crippen molar-refractivity contribution in [2.24, 2.45) is 11.7 Å². The highest BCUT2D eigenvalue weighted by Crippen LogP contribution is 2.29. The van der Waals surface area contributed by atoms with Gasteiger partial charge in [-0.3, -0.25) is 4.79 Å². The summed E-state index contributed by atoms with van der Waals surface area (Å²) in [6.07, 6.45) is 0. The van der Waals surface area contributed by atoms with Gasteiger partial charge in [0, 0.05) is 12.5 Å². The van der Waals surface area contributed by atoms with Gasteiger partial charge in [0.25, 0.3) is 0 Å². The molecule has 0 bridgehead atoms. The second-order valence-electron chi connectivity index (χ2n) is 4.21. The Kier molecular flexibility index (Phi) is 6.19. The fraction of sp³-hybridized carbons (Fsp3) is 0.385. The van der Waals surface area contributed by atoms with Gasteiger partial charge < -0.3 is 15.8 Å². The molecule has 1 atom stereocenters. The van der Waals surface area contributed by atoms with Crippen LogP contribution in [0, 0.1) is 5.92 Å². The molecule has 7 heteroatoms. The van der Waals surface area contributed by atoms with Crippen LogP contribution in [-0.4, -0.2) is 24.0 Å². The van der Waals surface area contributed by atoms with Gasteiger partial charge in [-0.15, -0.1) is 12.4 Å². The highest BCUT2D eigenvalue weighted by Gasteiger charge is 2.13. The molecule has 0 saturated heterocycles. The molecule has 1 aromatic heterocycles. The Balaban J connectivity index is 0.00000200. The standard InChI is InChI=1S/C13H17N3O2S.ClH/c1-3-18-9-4-5-10-11(6-9)19-13(15-10)16-12(17)8(2)7-14;/h4-6,8H,3,7,14H2,1-2H3,(H,15,16,17);1H. The van der Waals surface area contributed by atoms with Crippen molar-refractivity contribution in [3.05, 3.63) is 18.2 Å². The SMILES string of the molecule is CCOc1ccc2nc(NC(=O)C(C)CN)sc2c1.Cl. The normalized spacial score (nSPS) is 11.8. The molecule has 0 radical (unpaired) electrons. The van der Waals surface area contributed by atoms with E-state index in [2.05, 4.69) is 10.3 Å². The van der Waals surface area contributed by atoms with Crippen molar-refractivity contribution >= 4 is 45.0 Å². The lowest BCUT2D eigenvalue weighted by Crippen LogP contribution is -2.26. The summed E-state index contributed by atoms with van der Waals surface area (Å²) in [6, 6.07) is 5.69. The molecule has 0 fully saturated rings. The minimum Gasteiger partial charge on any atom is -0.494 e. The van der Waals surface area contributed by atoms with Crippen LogP contribution in [0.2, 0.25) is 0 Å². The zero-order chi connectivity index (χ0) is 13.8. The molecule has 3 N–H and O–H groups in total. The van der Waals surface area contributed by atoms with E-state index in [-0.39, 0.29) is 24.2 Å². The quantitative estimate of drug-likeness (QED) is 0.889. The van der Waals surface area contributed by atoms with E-state index in [1.165, 1.54) is 11.3 Å². The summed E-state index contributed by atoms with van der Waals surface area (Å²) in [5, 5.41) is 3.37. The number of rotatable bonds is 5. The van der Waals surface area contributed by atoms with Gasteiger partial charge in [0.05, 0.1) is 16.8 Å². The van der Waals surface area contributed by atoms with Gasteiger partial charge in [0.15, 0.2) is 5.13 Å². The monoisotopic (exact) mass is 315 g/mol. The van der Waals surface area contributed by atoms with Crippen LogP contribution in [0.25, 0.3) is 10.2 Å². The largest absolute Gasteiger partial charge is 0.494 e. The van der Waals surface area contributed by atoms with Crippen molar-refractivity contribution in [1.29, 1.82) is 0 Å². The molecular formula is C13H18ClN3O2S. The summed E-state index contributed by atoms with van der Waals surface area (Å²) in [5.74, 6) is 0.490. The maximum absolute atomic E-state index is 11.7. The van der Waals surface area contributed by atoms with E-state index in [0.29, 0.717) is 18.3 Å². The molecule has 20 heavy (non-hydrogen) atoms. The van der Waals surface area contributed by atoms with Crippen LogP contribution >= 0.6 is 23.7 Å². The summed E-state index contributed by atoms with van der Waals surface area (Å²) < 4.78 is 6.42. The lowest BCUT2D eigenvalue weighted by atomic mass is 10.2. The molecule has 0 aliphatic carbocycles. The number of aromatic nitrogens is 1. The molecule has 1 heterocycles. The van der Waals surface area contributed by atoms with Crippen LogP contribution < -0.4 is 15.8 Å². The van der Waals surface area contributed by atoms with Crippen LogP contribution in [0.4, 0.5) is 5.13 Å². The zero-order valence-corrected chi connectivity index (χ0v) is 13.0. The van der Waals surface area contributed by atoms with Crippen LogP contribution in [-0.2, 0) is 4.79 Å². The maximum Gasteiger partial charge on any atom is 0.230 e. The molecule has 0 spiro atoms. The average Bonchev–Trinajstić information content (AvgIpc) is 2.79. The van der Waals surface area contributed by atoms with E-state index in [4.69, 9.17) is 10.5 Å². The lowest BCUT2D eigenvalue weighted by Gasteiger charge is -2.06. The van der Waals surface area contributed by atoms with Crippen LogP contribution in [0.5, 0.6) is 5.75 Å². The second-order valence-corrected chi connectivity index (χ2v) is 5.24. The predicted molar refractivity (Wildman–Crippen MR) is 84.9 cm³/mol. The Morgan fingerprint density at radius 2 is 2.30 bits per heavy atom. The lowest BCUT2D eigenvalue weighted by molar-refractivity contribution is -0.119. The third-order valence-electron chi connectivity index (χ3n) is 2.70. The minimum absolute atomic E-state index is 0. The summed E-state index contributed by atoms with van der Waals surface area (Å²) in [6.45, 7) is 4.68. The molecule has 1 unspecified atom stereocenters. The molecule has 5 nitrogen and oxygen atoms in total. The van der Waals surface area contributed by atoms with E-state index in [1.54, 1.807) is 6.92 Å². The summed E-state index contributed by atoms with van der Waals surface area (Å²) in [7, 11) is 0. The molecule has 2 rings (SSSR count).